The summed E-state index contributed by atoms with van der Waals surface area (Å²) in [6.07, 6.45) is 1.22. The van der Waals surface area contributed by atoms with Gasteiger partial charge in [-0.15, -0.1) is 0 Å². The highest BCUT2D eigenvalue weighted by Crippen LogP contribution is 2.18. The summed E-state index contributed by atoms with van der Waals surface area (Å²) < 4.78 is 0. The van der Waals surface area contributed by atoms with E-state index < -0.39 is 0 Å². The Hall–Kier alpha value is -0.570. The Bertz CT molecular complexity index is 367. The minimum Gasteiger partial charge on any atom is -0.310 e. The van der Waals surface area contributed by atoms with E-state index >= 15 is 0 Å². The molecule has 1 aliphatic rings. The Morgan fingerprint density at radius 1 is 1.41 bits per heavy atom. The van der Waals surface area contributed by atoms with E-state index in [1.807, 2.05) is 18.2 Å². The van der Waals surface area contributed by atoms with Crippen LogP contribution in [-0.2, 0) is 6.54 Å². The first-order valence-corrected chi connectivity index (χ1v) is 6.70. The first kappa shape index (κ1) is 12.9. The van der Waals surface area contributed by atoms with Gasteiger partial charge in [0.1, 0.15) is 0 Å². The number of rotatable bonds is 3. The number of nitrogens with zero attached hydrogens (tertiary/aromatic N) is 1. The molecule has 1 saturated heterocycles. The molecule has 0 radical (unpaired) electrons. The van der Waals surface area contributed by atoms with Crippen molar-refractivity contribution < 1.29 is 0 Å². The van der Waals surface area contributed by atoms with E-state index in [9.17, 15) is 0 Å². The largest absolute Gasteiger partial charge is 0.310 e. The number of nitrogens with one attached hydrogen (secondary N) is 1. The molecule has 0 aliphatic carbocycles. The maximum Gasteiger partial charge on any atom is 0.0450 e. The molecule has 2 atom stereocenters. The van der Waals surface area contributed by atoms with Crippen molar-refractivity contribution in [2.75, 3.05) is 20.1 Å². The lowest BCUT2D eigenvalue weighted by molar-refractivity contribution is 0.174. The number of hydrogen-bond acceptors (Lipinski definition) is 2. The standard InChI is InChI=1S/C14H21ClN2/c1-11-10-17(2)8-7-14(11)16-9-12-5-3-4-6-13(12)15/h3-6,11,14,16H,7-10H2,1-2H3. The number of likely N-dealkylation sites (tertiary alicyclic amines) is 1. The van der Waals surface area contributed by atoms with Gasteiger partial charge in [-0.1, -0.05) is 36.7 Å². The second-order valence-electron chi connectivity index (χ2n) is 5.11. The Balaban J connectivity index is 1.88. The van der Waals surface area contributed by atoms with Gasteiger partial charge in [-0.05, 0) is 37.6 Å². The zero-order valence-corrected chi connectivity index (χ0v) is 11.4. The van der Waals surface area contributed by atoms with E-state index in [2.05, 4.69) is 30.3 Å². The van der Waals surface area contributed by atoms with Gasteiger partial charge in [-0.3, -0.25) is 0 Å². The fourth-order valence-corrected chi connectivity index (χ4v) is 2.74. The number of benzene rings is 1. The first-order chi connectivity index (χ1) is 8.16. The molecule has 1 aromatic carbocycles. The van der Waals surface area contributed by atoms with E-state index in [0.717, 1.165) is 11.6 Å². The van der Waals surface area contributed by atoms with E-state index in [1.165, 1.54) is 25.1 Å². The van der Waals surface area contributed by atoms with Gasteiger partial charge < -0.3 is 10.2 Å². The molecule has 0 saturated carbocycles. The molecular formula is C14H21ClN2. The third kappa shape index (κ3) is 3.44. The zero-order valence-electron chi connectivity index (χ0n) is 10.6. The van der Waals surface area contributed by atoms with Gasteiger partial charge in [-0.25, -0.2) is 0 Å². The lowest BCUT2D eigenvalue weighted by atomic mass is 9.94. The second kappa shape index (κ2) is 5.85. The molecule has 0 bridgehead atoms. The Kier molecular flexibility index (Phi) is 4.43. The van der Waals surface area contributed by atoms with Gasteiger partial charge >= 0.3 is 0 Å². The molecule has 0 amide bonds. The molecule has 0 aromatic heterocycles. The van der Waals surface area contributed by atoms with Crippen molar-refractivity contribution in [3.63, 3.8) is 0 Å². The second-order valence-corrected chi connectivity index (χ2v) is 5.51. The van der Waals surface area contributed by atoms with Gasteiger partial charge in [0.15, 0.2) is 0 Å². The molecule has 17 heavy (non-hydrogen) atoms. The van der Waals surface area contributed by atoms with Crippen LogP contribution in [0.5, 0.6) is 0 Å². The van der Waals surface area contributed by atoms with Crippen molar-refractivity contribution >= 4 is 11.6 Å². The third-order valence-corrected chi connectivity index (χ3v) is 3.99. The van der Waals surface area contributed by atoms with Crippen molar-refractivity contribution in [2.45, 2.75) is 25.9 Å². The average molecular weight is 253 g/mol. The molecule has 1 aromatic rings. The molecule has 1 aliphatic heterocycles. The molecule has 3 heteroatoms. The van der Waals surface area contributed by atoms with E-state index in [1.54, 1.807) is 0 Å². The normalized spacial score (nSPS) is 26.1. The van der Waals surface area contributed by atoms with Crippen LogP contribution in [0.1, 0.15) is 18.9 Å². The van der Waals surface area contributed by atoms with Crippen molar-refractivity contribution in [2.24, 2.45) is 5.92 Å². The summed E-state index contributed by atoms with van der Waals surface area (Å²) in [6, 6.07) is 8.68. The summed E-state index contributed by atoms with van der Waals surface area (Å²) in [7, 11) is 2.20. The topological polar surface area (TPSA) is 15.3 Å². The molecule has 0 spiro atoms. The lowest BCUT2D eigenvalue weighted by Crippen LogP contribution is -2.46. The van der Waals surface area contributed by atoms with Crippen LogP contribution in [-0.4, -0.2) is 31.1 Å². The highest BCUT2D eigenvalue weighted by atomic mass is 35.5. The molecule has 1 heterocycles. The van der Waals surface area contributed by atoms with Crippen molar-refractivity contribution in [3.05, 3.63) is 34.9 Å². The quantitative estimate of drug-likeness (QED) is 0.890. The van der Waals surface area contributed by atoms with Gasteiger partial charge in [0, 0.05) is 24.2 Å². The molecule has 2 nitrogen and oxygen atoms in total. The van der Waals surface area contributed by atoms with Gasteiger partial charge in [-0.2, -0.15) is 0 Å². The smallest absolute Gasteiger partial charge is 0.0450 e. The predicted molar refractivity (Wildman–Crippen MR) is 73.4 cm³/mol. The maximum atomic E-state index is 6.15. The molecule has 2 unspecified atom stereocenters. The zero-order chi connectivity index (χ0) is 12.3. The van der Waals surface area contributed by atoms with E-state index in [4.69, 9.17) is 11.6 Å². The van der Waals surface area contributed by atoms with Gasteiger partial charge in [0.05, 0.1) is 0 Å². The SMILES string of the molecule is CC1CN(C)CCC1NCc1ccccc1Cl. The number of halogens is 1. The lowest BCUT2D eigenvalue weighted by Gasteiger charge is -2.35. The van der Waals surface area contributed by atoms with Gasteiger partial charge in [0.2, 0.25) is 0 Å². The molecule has 1 N–H and O–H groups in total. The molecule has 1 fully saturated rings. The van der Waals surface area contributed by atoms with Crippen LogP contribution in [0.25, 0.3) is 0 Å². The van der Waals surface area contributed by atoms with E-state index in [-0.39, 0.29) is 0 Å². The summed E-state index contributed by atoms with van der Waals surface area (Å²) in [4.78, 5) is 2.40. The van der Waals surface area contributed by atoms with Crippen molar-refractivity contribution in [3.8, 4) is 0 Å². The molecule has 2 rings (SSSR count). The fourth-order valence-electron chi connectivity index (χ4n) is 2.54. The highest BCUT2D eigenvalue weighted by Gasteiger charge is 2.23. The van der Waals surface area contributed by atoms with E-state index in [0.29, 0.717) is 12.0 Å². The minimum absolute atomic E-state index is 0.613. The average Bonchev–Trinajstić information content (AvgIpc) is 2.30. The highest BCUT2D eigenvalue weighted by molar-refractivity contribution is 6.31. The molecule has 94 valence electrons. The van der Waals surface area contributed by atoms with Crippen LogP contribution in [0.4, 0.5) is 0 Å². The Morgan fingerprint density at radius 2 is 2.18 bits per heavy atom. The van der Waals surface area contributed by atoms with Crippen LogP contribution < -0.4 is 5.32 Å². The van der Waals surface area contributed by atoms with Crippen molar-refractivity contribution in [1.82, 2.24) is 10.2 Å². The van der Waals surface area contributed by atoms with Gasteiger partial charge in [0.25, 0.3) is 0 Å². The summed E-state index contributed by atoms with van der Waals surface area (Å²) in [5.41, 5.74) is 1.19. The van der Waals surface area contributed by atoms with Crippen LogP contribution in [0.2, 0.25) is 5.02 Å². The molecular weight excluding hydrogens is 232 g/mol. The van der Waals surface area contributed by atoms with Crippen molar-refractivity contribution in [1.29, 1.82) is 0 Å². The Labute approximate surface area is 109 Å². The monoisotopic (exact) mass is 252 g/mol. The third-order valence-electron chi connectivity index (χ3n) is 3.62. The summed E-state index contributed by atoms with van der Waals surface area (Å²) in [6.45, 7) is 5.56. The summed E-state index contributed by atoms with van der Waals surface area (Å²) in [5, 5.41) is 4.50. The van der Waals surface area contributed by atoms with Crippen LogP contribution in [0, 0.1) is 5.92 Å². The Morgan fingerprint density at radius 3 is 2.88 bits per heavy atom. The van der Waals surface area contributed by atoms with Crippen LogP contribution in [0.3, 0.4) is 0 Å². The first-order valence-electron chi connectivity index (χ1n) is 6.32. The fraction of sp³-hybridized carbons (Fsp3) is 0.571. The maximum absolute atomic E-state index is 6.15. The number of piperidine rings is 1. The number of hydrogen-bond donors (Lipinski definition) is 1. The summed E-state index contributed by atoms with van der Waals surface area (Å²) >= 11 is 6.15. The minimum atomic E-state index is 0.613. The predicted octanol–water partition coefficient (Wildman–Crippen LogP) is 2.77. The van der Waals surface area contributed by atoms with Crippen LogP contribution in [0.15, 0.2) is 24.3 Å². The van der Waals surface area contributed by atoms with Crippen LogP contribution >= 0.6 is 11.6 Å². The summed E-state index contributed by atoms with van der Waals surface area (Å²) in [5.74, 6) is 0.705.